The van der Waals surface area contributed by atoms with Crippen LogP contribution in [0.5, 0.6) is 5.75 Å². The highest BCUT2D eigenvalue weighted by Crippen LogP contribution is 2.34. The Morgan fingerprint density at radius 2 is 1.90 bits per heavy atom. The smallest absolute Gasteiger partial charge is 0.254 e. The summed E-state index contributed by atoms with van der Waals surface area (Å²) < 4.78 is 5.61. The van der Waals surface area contributed by atoms with E-state index in [1.807, 2.05) is 54.3 Å². The minimum Gasteiger partial charge on any atom is -0.508 e. The number of likely N-dealkylation sites (tertiary alicyclic amines) is 1. The molecule has 2 atom stereocenters. The molecule has 2 N–H and O–H groups in total. The van der Waals surface area contributed by atoms with Gasteiger partial charge in [-0.25, -0.2) is 0 Å². The van der Waals surface area contributed by atoms with E-state index in [1.165, 1.54) is 0 Å². The number of nitrogens with one attached hydrogen (secondary N) is 1. The Balaban J connectivity index is 1.51. The molecule has 2 aliphatic rings. The third-order valence-corrected chi connectivity index (χ3v) is 6.26. The molecule has 3 aromatic carbocycles. The Labute approximate surface area is 180 Å². The topological polar surface area (TPSA) is 78.9 Å². The van der Waals surface area contributed by atoms with Gasteiger partial charge in [-0.2, -0.15) is 0 Å². The molecule has 2 heterocycles. The summed E-state index contributed by atoms with van der Waals surface area (Å²) in [4.78, 5) is 27.0. The zero-order valence-electron chi connectivity index (χ0n) is 17.3. The van der Waals surface area contributed by atoms with Gasteiger partial charge in [-0.05, 0) is 59.0 Å². The number of piperidine rings is 1. The number of carbonyl (C=O) groups excluding carboxylic acids is 2. The van der Waals surface area contributed by atoms with E-state index in [4.69, 9.17) is 4.74 Å². The number of rotatable bonds is 2. The summed E-state index contributed by atoms with van der Waals surface area (Å²) in [5.41, 5.74) is 3.67. The minimum atomic E-state index is -0.163. The summed E-state index contributed by atoms with van der Waals surface area (Å²) in [5.74, 6) is 0.0672. The second kappa shape index (κ2) is 7.71. The quantitative estimate of drug-likeness (QED) is 0.672. The summed E-state index contributed by atoms with van der Waals surface area (Å²) >= 11 is 0. The molecule has 0 radical (unpaired) electrons. The van der Waals surface area contributed by atoms with Crippen LogP contribution >= 0.6 is 0 Å². The molecule has 31 heavy (non-hydrogen) atoms. The first kappa shape index (κ1) is 19.6. The largest absolute Gasteiger partial charge is 0.508 e. The standard InChI is InChI=1S/C25H24N2O4/c1-15-12-16(28)8-9-17(15)18-4-2-6-20-19(18)5-3-7-21(20)25(30)27-11-10-23-22(13-27)26-24(29)14-31-23/h2-9,12,22-23,28H,10-11,13-14H2,1H3,(H,26,29)/t22-,23+/m0/s1. The summed E-state index contributed by atoms with van der Waals surface area (Å²) in [6, 6.07) is 16.9. The summed E-state index contributed by atoms with van der Waals surface area (Å²) in [7, 11) is 0. The number of hydrogen-bond acceptors (Lipinski definition) is 4. The van der Waals surface area contributed by atoms with E-state index in [2.05, 4.69) is 5.32 Å². The lowest BCUT2D eigenvalue weighted by Crippen LogP contribution is -2.61. The van der Waals surface area contributed by atoms with Crippen LogP contribution in [0.3, 0.4) is 0 Å². The van der Waals surface area contributed by atoms with Crippen molar-refractivity contribution >= 4 is 22.6 Å². The van der Waals surface area contributed by atoms with Crippen molar-refractivity contribution in [2.75, 3.05) is 19.7 Å². The number of aromatic hydroxyl groups is 1. The number of nitrogens with zero attached hydrogens (tertiary/aromatic N) is 1. The number of benzene rings is 3. The molecule has 0 unspecified atom stereocenters. The van der Waals surface area contributed by atoms with Gasteiger partial charge in [0, 0.05) is 18.7 Å². The normalized spacial score (nSPS) is 20.9. The fraction of sp³-hybridized carbons (Fsp3) is 0.280. The van der Waals surface area contributed by atoms with Crippen LogP contribution in [0.15, 0.2) is 54.6 Å². The van der Waals surface area contributed by atoms with Crippen LogP contribution in [0.4, 0.5) is 0 Å². The van der Waals surface area contributed by atoms with Gasteiger partial charge in [0.25, 0.3) is 5.91 Å². The molecule has 0 aliphatic carbocycles. The lowest BCUT2D eigenvalue weighted by molar-refractivity contribution is -0.139. The molecule has 3 aromatic rings. The molecule has 6 nitrogen and oxygen atoms in total. The van der Waals surface area contributed by atoms with E-state index < -0.39 is 0 Å². The van der Waals surface area contributed by atoms with Crippen molar-refractivity contribution in [2.45, 2.75) is 25.5 Å². The molecule has 2 saturated heterocycles. The van der Waals surface area contributed by atoms with Gasteiger partial charge in [-0.15, -0.1) is 0 Å². The molecule has 0 spiro atoms. The maximum absolute atomic E-state index is 13.5. The van der Waals surface area contributed by atoms with Crippen LogP contribution < -0.4 is 5.32 Å². The monoisotopic (exact) mass is 416 g/mol. The molecule has 6 heteroatoms. The van der Waals surface area contributed by atoms with Crippen molar-refractivity contribution in [2.24, 2.45) is 0 Å². The SMILES string of the molecule is Cc1cc(O)ccc1-c1cccc2c(C(=O)N3CC[C@H]4OCC(=O)N[C@H]4C3)cccc12. The van der Waals surface area contributed by atoms with Crippen LogP contribution in [0.2, 0.25) is 0 Å². The summed E-state index contributed by atoms with van der Waals surface area (Å²) in [5, 5.41) is 14.6. The predicted molar refractivity (Wildman–Crippen MR) is 118 cm³/mol. The average Bonchev–Trinajstić information content (AvgIpc) is 2.77. The van der Waals surface area contributed by atoms with Gasteiger partial charge in [0.15, 0.2) is 0 Å². The maximum atomic E-state index is 13.5. The number of phenolic OH excluding ortho intramolecular Hbond substituents is 1. The third-order valence-electron chi connectivity index (χ3n) is 6.26. The molecule has 0 saturated carbocycles. The highest BCUT2D eigenvalue weighted by atomic mass is 16.5. The van der Waals surface area contributed by atoms with E-state index in [9.17, 15) is 14.7 Å². The van der Waals surface area contributed by atoms with Crippen LogP contribution in [-0.4, -0.2) is 53.7 Å². The second-order valence-corrected chi connectivity index (χ2v) is 8.27. The first-order valence-electron chi connectivity index (χ1n) is 10.5. The Morgan fingerprint density at radius 1 is 1.10 bits per heavy atom. The van der Waals surface area contributed by atoms with E-state index in [0.29, 0.717) is 25.1 Å². The zero-order valence-corrected chi connectivity index (χ0v) is 17.3. The Kier molecular flexibility index (Phi) is 4.87. The molecular weight excluding hydrogens is 392 g/mol. The first-order valence-corrected chi connectivity index (χ1v) is 10.5. The van der Waals surface area contributed by atoms with Gasteiger partial charge in [-0.1, -0.05) is 36.4 Å². The molecule has 158 valence electrons. The van der Waals surface area contributed by atoms with E-state index in [0.717, 1.165) is 27.5 Å². The lowest BCUT2D eigenvalue weighted by atomic mass is 9.92. The van der Waals surface area contributed by atoms with Crippen molar-refractivity contribution in [3.05, 3.63) is 65.7 Å². The predicted octanol–water partition coefficient (Wildman–Crippen LogP) is 3.25. The third kappa shape index (κ3) is 3.53. The van der Waals surface area contributed by atoms with Crippen molar-refractivity contribution in [3.8, 4) is 16.9 Å². The number of fused-ring (bicyclic) bond motifs is 2. The van der Waals surface area contributed by atoms with Gasteiger partial charge in [0.2, 0.25) is 5.91 Å². The molecular formula is C25H24N2O4. The molecule has 0 bridgehead atoms. The molecule has 2 amide bonds. The van der Waals surface area contributed by atoms with Crippen molar-refractivity contribution < 1.29 is 19.4 Å². The van der Waals surface area contributed by atoms with Gasteiger partial charge in [0.05, 0.1) is 12.1 Å². The van der Waals surface area contributed by atoms with Crippen LogP contribution in [0, 0.1) is 6.92 Å². The molecule has 2 aliphatic heterocycles. The van der Waals surface area contributed by atoms with Crippen molar-refractivity contribution in [3.63, 3.8) is 0 Å². The fourth-order valence-corrected chi connectivity index (χ4v) is 4.74. The van der Waals surface area contributed by atoms with Crippen LogP contribution in [0.25, 0.3) is 21.9 Å². The van der Waals surface area contributed by atoms with Crippen LogP contribution in [0.1, 0.15) is 22.3 Å². The van der Waals surface area contributed by atoms with E-state index >= 15 is 0 Å². The number of amides is 2. The fourth-order valence-electron chi connectivity index (χ4n) is 4.74. The molecule has 0 aromatic heterocycles. The highest BCUT2D eigenvalue weighted by molar-refractivity contribution is 6.10. The van der Waals surface area contributed by atoms with E-state index in [-0.39, 0.29) is 36.3 Å². The molecule has 2 fully saturated rings. The van der Waals surface area contributed by atoms with Crippen molar-refractivity contribution in [1.82, 2.24) is 10.2 Å². The van der Waals surface area contributed by atoms with Gasteiger partial charge < -0.3 is 20.1 Å². The maximum Gasteiger partial charge on any atom is 0.254 e. The zero-order chi connectivity index (χ0) is 21.5. The minimum absolute atomic E-state index is 0.0293. The Hall–Kier alpha value is -3.38. The van der Waals surface area contributed by atoms with E-state index in [1.54, 1.807) is 12.1 Å². The van der Waals surface area contributed by atoms with Crippen molar-refractivity contribution in [1.29, 1.82) is 0 Å². The summed E-state index contributed by atoms with van der Waals surface area (Å²) in [6.07, 6.45) is 0.678. The number of ether oxygens (including phenoxy) is 1. The average molecular weight is 416 g/mol. The number of morpholine rings is 1. The van der Waals surface area contributed by atoms with Gasteiger partial charge >= 0.3 is 0 Å². The number of hydrogen-bond donors (Lipinski definition) is 2. The number of phenols is 1. The molecule has 5 rings (SSSR count). The van der Waals surface area contributed by atoms with Gasteiger partial charge in [-0.3, -0.25) is 9.59 Å². The Bertz CT molecular complexity index is 1190. The number of carbonyl (C=O) groups is 2. The summed E-state index contributed by atoms with van der Waals surface area (Å²) in [6.45, 7) is 3.11. The van der Waals surface area contributed by atoms with Crippen LogP contribution in [-0.2, 0) is 9.53 Å². The highest BCUT2D eigenvalue weighted by Gasteiger charge is 2.36. The Morgan fingerprint density at radius 3 is 2.74 bits per heavy atom. The first-order chi connectivity index (χ1) is 15.0. The number of aryl methyl sites for hydroxylation is 1. The lowest BCUT2D eigenvalue weighted by Gasteiger charge is -2.41. The van der Waals surface area contributed by atoms with Gasteiger partial charge in [0.1, 0.15) is 12.4 Å². The second-order valence-electron chi connectivity index (χ2n) is 8.27.